The Morgan fingerprint density at radius 3 is 2.91 bits per heavy atom. The van der Waals surface area contributed by atoms with Gasteiger partial charge in [-0.05, 0) is 24.4 Å². The van der Waals surface area contributed by atoms with Crippen LogP contribution < -0.4 is 5.32 Å². The van der Waals surface area contributed by atoms with Gasteiger partial charge in [-0.15, -0.1) is 0 Å². The van der Waals surface area contributed by atoms with Gasteiger partial charge >= 0.3 is 0 Å². The summed E-state index contributed by atoms with van der Waals surface area (Å²) in [5, 5.41) is 20.4. The Bertz CT molecular complexity index is 785. The molecule has 0 aliphatic rings. The van der Waals surface area contributed by atoms with Crippen molar-refractivity contribution in [2.75, 3.05) is 6.54 Å². The van der Waals surface area contributed by atoms with Crippen LogP contribution in [-0.4, -0.2) is 32.1 Å². The van der Waals surface area contributed by atoms with Crippen molar-refractivity contribution < 1.29 is 9.72 Å². The highest BCUT2D eigenvalue weighted by molar-refractivity contribution is 7.71. The third kappa shape index (κ3) is 3.49. The van der Waals surface area contributed by atoms with Gasteiger partial charge in [0.25, 0.3) is 11.6 Å². The van der Waals surface area contributed by atoms with Crippen LogP contribution in [0.1, 0.15) is 16.2 Å². The van der Waals surface area contributed by atoms with Gasteiger partial charge in [0.05, 0.1) is 4.92 Å². The number of carbonyl (C=O) groups is 1. The molecule has 1 amide bonds. The predicted molar refractivity (Wildman–Crippen MR) is 82.5 cm³/mol. The molecule has 8 nitrogen and oxygen atoms in total. The van der Waals surface area contributed by atoms with Crippen molar-refractivity contribution in [3.63, 3.8) is 0 Å². The van der Waals surface area contributed by atoms with Crippen LogP contribution in [0.5, 0.6) is 0 Å². The van der Waals surface area contributed by atoms with Crippen LogP contribution >= 0.6 is 23.8 Å². The van der Waals surface area contributed by atoms with Gasteiger partial charge in [0, 0.05) is 31.1 Å². The van der Waals surface area contributed by atoms with E-state index in [0.717, 1.165) is 6.07 Å². The monoisotopic (exact) mass is 341 g/mol. The fourth-order valence-corrected chi connectivity index (χ4v) is 2.15. The summed E-state index contributed by atoms with van der Waals surface area (Å²) in [7, 11) is 1.76. The van der Waals surface area contributed by atoms with E-state index in [4.69, 9.17) is 23.8 Å². The van der Waals surface area contributed by atoms with E-state index in [1.807, 2.05) is 0 Å². The normalized spacial score (nSPS) is 10.5. The largest absolute Gasteiger partial charge is 0.351 e. The number of hydrogen-bond acceptors (Lipinski definition) is 5. The van der Waals surface area contributed by atoms with Crippen molar-refractivity contribution >= 4 is 35.4 Å². The molecule has 2 N–H and O–H groups in total. The van der Waals surface area contributed by atoms with Gasteiger partial charge in [-0.25, -0.2) is 0 Å². The van der Waals surface area contributed by atoms with Crippen LogP contribution in [0.3, 0.4) is 0 Å². The molecule has 1 heterocycles. The number of aromatic amines is 1. The Morgan fingerprint density at radius 2 is 2.32 bits per heavy atom. The number of carbonyl (C=O) groups excluding carboxylic acids is 1. The fourth-order valence-electron chi connectivity index (χ4n) is 1.83. The average Bonchev–Trinajstić information content (AvgIpc) is 2.79. The van der Waals surface area contributed by atoms with E-state index in [9.17, 15) is 14.9 Å². The lowest BCUT2D eigenvalue weighted by Gasteiger charge is -2.06. The smallest absolute Gasteiger partial charge is 0.283 e. The van der Waals surface area contributed by atoms with E-state index in [1.165, 1.54) is 12.1 Å². The van der Waals surface area contributed by atoms with E-state index >= 15 is 0 Å². The van der Waals surface area contributed by atoms with E-state index in [0.29, 0.717) is 17.0 Å². The third-order valence-corrected chi connectivity index (χ3v) is 3.61. The lowest BCUT2D eigenvalue weighted by molar-refractivity contribution is -0.385. The summed E-state index contributed by atoms with van der Waals surface area (Å²) in [6, 6.07) is 3.90. The molecular weight excluding hydrogens is 330 g/mol. The van der Waals surface area contributed by atoms with Crippen LogP contribution in [0.4, 0.5) is 5.69 Å². The topological polar surface area (TPSA) is 106 Å². The number of nitro groups is 1. The molecule has 0 spiro atoms. The predicted octanol–water partition coefficient (Wildman–Crippen LogP) is 2.01. The molecule has 2 rings (SSSR count). The molecule has 0 fully saturated rings. The molecule has 0 aliphatic carbocycles. The zero-order chi connectivity index (χ0) is 16.3. The highest BCUT2D eigenvalue weighted by Gasteiger charge is 2.20. The van der Waals surface area contributed by atoms with E-state index in [-0.39, 0.29) is 22.8 Å². The molecule has 0 radical (unpaired) electrons. The van der Waals surface area contributed by atoms with Crippen LogP contribution in [-0.2, 0) is 13.5 Å². The standard InChI is InChI=1S/C12H12ClN5O3S/c1-17-10(15-16-12(17)22)4-5-14-11(19)8-3-2-7(13)6-9(8)18(20)21/h2-3,6H,4-5H2,1H3,(H,14,19)(H,16,22). The molecule has 2 aromatic rings. The van der Waals surface area contributed by atoms with Crippen molar-refractivity contribution in [2.45, 2.75) is 6.42 Å². The van der Waals surface area contributed by atoms with Gasteiger partial charge in [0.2, 0.25) is 0 Å². The second kappa shape index (κ2) is 6.67. The number of nitrogens with one attached hydrogen (secondary N) is 2. The van der Waals surface area contributed by atoms with Gasteiger partial charge in [0.1, 0.15) is 11.4 Å². The number of hydrogen-bond donors (Lipinski definition) is 2. The highest BCUT2D eigenvalue weighted by atomic mass is 35.5. The summed E-state index contributed by atoms with van der Waals surface area (Å²) in [5.41, 5.74) is -0.368. The van der Waals surface area contributed by atoms with Crippen molar-refractivity contribution in [2.24, 2.45) is 7.05 Å². The molecule has 0 saturated carbocycles. The van der Waals surface area contributed by atoms with E-state index < -0.39 is 10.8 Å². The average molecular weight is 342 g/mol. The number of halogens is 1. The van der Waals surface area contributed by atoms with Crippen LogP contribution in [0, 0.1) is 14.9 Å². The molecule has 0 bridgehead atoms. The van der Waals surface area contributed by atoms with Crippen molar-refractivity contribution in [1.82, 2.24) is 20.1 Å². The lowest BCUT2D eigenvalue weighted by Crippen LogP contribution is -2.27. The maximum Gasteiger partial charge on any atom is 0.283 e. The van der Waals surface area contributed by atoms with Gasteiger partial charge in [-0.1, -0.05) is 11.6 Å². The third-order valence-electron chi connectivity index (χ3n) is 3.01. The molecule has 0 unspecified atom stereocenters. The minimum Gasteiger partial charge on any atom is -0.351 e. The Balaban J connectivity index is 2.05. The summed E-state index contributed by atoms with van der Waals surface area (Å²) >= 11 is 10.7. The number of benzene rings is 1. The summed E-state index contributed by atoms with van der Waals surface area (Å²) in [4.78, 5) is 22.4. The SMILES string of the molecule is Cn1c(CCNC(=O)c2ccc(Cl)cc2[N+](=O)[O-])n[nH]c1=S. The molecule has 0 atom stereocenters. The molecule has 0 aliphatic heterocycles. The number of rotatable bonds is 5. The summed E-state index contributed by atoms with van der Waals surface area (Å²) in [5.74, 6) is 0.135. The molecule has 116 valence electrons. The minimum absolute atomic E-state index is 0.0373. The van der Waals surface area contributed by atoms with Gasteiger partial charge in [0.15, 0.2) is 4.77 Å². The Kier molecular flexibility index (Phi) is 4.88. The number of nitrogens with zero attached hydrogens (tertiary/aromatic N) is 3. The van der Waals surface area contributed by atoms with Crippen molar-refractivity contribution in [3.8, 4) is 0 Å². The summed E-state index contributed by atoms with van der Waals surface area (Å²) < 4.78 is 2.17. The zero-order valence-electron chi connectivity index (χ0n) is 11.5. The van der Waals surface area contributed by atoms with Crippen LogP contribution in [0.2, 0.25) is 5.02 Å². The van der Waals surface area contributed by atoms with Crippen molar-refractivity contribution in [3.05, 3.63) is 49.5 Å². The van der Waals surface area contributed by atoms with E-state index in [2.05, 4.69) is 15.5 Å². The van der Waals surface area contributed by atoms with Gasteiger partial charge < -0.3 is 9.88 Å². The molecule has 1 aromatic heterocycles. The first-order chi connectivity index (χ1) is 10.4. The first-order valence-corrected chi connectivity index (χ1v) is 7.01. The van der Waals surface area contributed by atoms with Crippen molar-refractivity contribution in [1.29, 1.82) is 0 Å². The molecule has 0 saturated heterocycles. The summed E-state index contributed by atoms with van der Waals surface area (Å²) in [6.45, 7) is 0.270. The van der Waals surface area contributed by atoms with Gasteiger partial charge in [-0.2, -0.15) is 5.10 Å². The van der Waals surface area contributed by atoms with Gasteiger partial charge in [-0.3, -0.25) is 20.0 Å². The molecule has 22 heavy (non-hydrogen) atoms. The Labute approximate surface area is 135 Å². The fraction of sp³-hybridized carbons (Fsp3) is 0.250. The van der Waals surface area contributed by atoms with Crippen LogP contribution in [0.25, 0.3) is 0 Å². The maximum absolute atomic E-state index is 12.0. The number of aromatic nitrogens is 3. The number of nitro benzene ring substituents is 1. The molecular formula is C12H12ClN5O3S. The highest BCUT2D eigenvalue weighted by Crippen LogP contribution is 2.23. The minimum atomic E-state index is -0.641. The van der Waals surface area contributed by atoms with E-state index in [1.54, 1.807) is 11.6 Å². The summed E-state index contributed by atoms with van der Waals surface area (Å²) in [6.07, 6.45) is 0.441. The number of amides is 1. The second-order valence-corrected chi connectivity index (χ2v) is 5.25. The molecule has 10 heteroatoms. The quantitative estimate of drug-likeness (QED) is 0.491. The maximum atomic E-state index is 12.0. The first kappa shape index (κ1) is 16.1. The number of H-pyrrole nitrogens is 1. The zero-order valence-corrected chi connectivity index (χ0v) is 13.1. The molecule has 1 aromatic carbocycles. The second-order valence-electron chi connectivity index (χ2n) is 4.43. The van der Waals surface area contributed by atoms with Crippen LogP contribution in [0.15, 0.2) is 18.2 Å². The Morgan fingerprint density at radius 1 is 1.59 bits per heavy atom. The lowest BCUT2D eigenvalue weighted by atomic mass is 10.1. The Hall–Kier alpha value is -2.26. The first-order valence-electron chi connectivity index (χ1n) is 6.22.